The highest BCUT2D eigenvalue weighted by molar-refractivity contribution is 7.89. The summed E-state index contributed by atoms with van der Waals surface area (Å²) < 4.78 is 27.4. The minimum absolute atomic E-state index is 0.140. The first-order chi connectivity index (χ1) is 13.8. The van der Waals surface area contributed by atoms with E-state index in [2.05, 4.69) is 28.9 Å². The maximum atomic E-state index is 12.4. The number of carbonyl (C=O) groups excluding carboxylic acids is 1. The molecule has 0 saturated heterocycles. The lowest BCUT2D eigenvalue weighted by Crippen LogP contribution is -2.26. The van der Waals surface area contributed by atoms with Gasteiger partial charge in [-0.05, 0) is 42.1 Å². The lowest BCUT2D eigenvalue weighted by atomic mass is 10.2. The highest BCUT2D eigenvalue weighted by Gasteiger charge is 2.15. The largest absolute Gasteiger partial charge is 0.346 e. The second-order valence-electron chi connectivity index (χ2n) is 6.77. The van der Waals surface area contributed by atoms with E-state index in [-0.39, 0.29) is 10.8 Å². The van der Waals surface area contributed by atoms with Crippen molar-refractivity contribution in [1.29, 1.82) is 0 Å². The summed E-state index contributed by atoms with van der Waals surface area (Å²) in [6.07, 6.45) is 0.645. The van der Waals surface area contributed by atoms with E-state index in [0.29, 0.717) is 31.0 Å². The Balaban J connectivity index is 1.54. The van der Waals surface area contributed by atoms with Crippen molar-refractivity contribution in [1.82, 2.24) is 15.0 Å². The Morgan fingerprint density at radius 3 is 2.52 bits per heavy atom. The van der Waals surface area contributed by atoms with Gasteiger partial charge in [0.15, 0.2) is 0 Å². The number of thiophene rings is 1. The summed E-state index contributed by atoms with van der Waals surface area (Å²) in [7, 11) is -3.60. The van der Waals surface area contributed by atoms with E-state index in [1.165, 1.54) is 24.3 Å². The standard InChI is InChI=1S/C20H23N3O3S3/c1-14(2)20-23-16(13-28-20)12-21-19(24)15-5-7-18(8-6-15)29(25,26)22-10-9-17-4-3-11-27-17/h3-8,11,13-14,22H,9-10,12H2,1-2H3,(H,21,24). The quantitative estimate of drug-likeness (QED) is 0.520. The van der Waals surface area contributed by atoms with Crippen LogP contribution >= 0.6 is 22.7 Å². The van der Waals surface area contributed by atoms with Gasteiger partial charge in [0.1, 0.15) is 0 Å². The number of carbonyl (C=O) groups is 1. The van der Waals surface area contributed by atoms with Gasteiger partial charge in [0.2, 0.25) is 10.0 Å². The van der Waals surface area contributed by atoms with Gasteiger partial charge >= 0.3 is 0 Å². The summed E-state index contributed by atoms with van der Waals surface area (Å²) in [5.41, 5.74) is 1.23. The normalized spacial score (nSPS) is 11.7. The van der Waals surface area contributed by atoms with Crippen molar-refractivity contribution >= 4 is 38.6 Å². The fourth-order valence-corrected chi connectivity index (χ4v) is 5.15. The predicted octanol–water partition coefficient (Wildman–Crippen LogP) is 3.78. The Kier molecular flexibility index (Phi) is 7.18. The maximum absolute atomic E-state index is 12.4. The molecule has 0 unspecified atom stereocenters. The minimum atomic E-state index is -3.60. The van der Waals surface area contributed by atoms with Crippen LogP contribution in [0.2, 0.25) is 0 Å². The monoisotopic (exact) mass is 449 g/mol. The number of benzene rings is 1. The van der Waals surface area contributed by atoms with Crippen molar-refractivity contribution in [3.63, 3.8) is 0 Å². The van der Waals surface area contributed by atoms with Crippen LogP contribution in [0.3, 0.4) is 0 Å². The van der Waals surface area contributed by atoms with Crippen molar-refractivity contribution in [3.8, 4) is 0 Å². The highest BCUT2D eigenvalue weighted by atomic mass is 32.2. The SMILES string of the molecule is CC(C)c1nc(CNC(=O)c2ccc(S(=O)(=O)NCCc3cccs3)cc2)cs1. The summed E-state index contributed by atoms with van der Waals surface area (Å²) in [6, 6.07) is 9.84. The summed E-state index contributed by atoms with van der Waals surface area (Å²) in [4.78, 5) is 18.1. The molecule has 0 saturated carbocycles. The molecule has 29 heavy (non-hydrogen) atoms. The molecule has 0 bridgehead atoms. The summed E-state index contributed by atoms with van der Waals surface area (Å²) >= 11 is 3.18. The molecule has 2 heterocycles. The molecule has 3 rings (SSSR count). The molecule has 154 valence electrons. The number of nitrogens with one attached hydrogen (secondary N) is 2. The Morgan fingerprint density at radius 2 is 1.90 bits per heavy atom. The first-order valence-electron chi connectivity index (χ1n) is 9.20. The topological polar surface area (TPSA) is 88.2 Å². The van der Waals surface area contributed by atoms with Gasteiger partial charge in [-0.2, -0.15) is 0 Å². The zero-order chi connectivity index (χ0) is 20.9. The van der Waals surface area contributed by atoms with Gasteiger partial charge in [0.25, 0.3) is 5.91 Å². The second-order valence-corrected chi connectivity index (χ2v) is 10.5. The molecule has 0 aliphatic rings. The second kappa shape index (κ2) is 9.62. The fourth-order valence-electron chi connectivity index (χ4n) is 2.57. The van der Waals surface area contributed by atoms with Crippen LogP contribution in [-0.4, -0.2) is 25.9 Å². The molecule has 0 atom stereocenters. The van der Waals surface area contributed by atoms with Crippen LogP contribution in [0.4, 0.5) is 0 Å². The average molecular weight is 450 g/mol. The Bertz CT molecular complexity index is 1040. The van der Waals surface area contributed by atoms with E-state index in [9.17, 15) is 13.2 Å². The molecular weight excluding hydrogens is 426 g/mol. The number of sulfonamides is 1. The zero-order valence-electron chi connectivity index (χ0n) is 16.2. The van der Waals surface area contributed by atoms with Crippen LogP contribution in [0.1, 0.15) is 45.7 Å². The van der Waals surface area contributed by atoms with E-state index < -0.39 is 10.0 Å². The lowest BCUT2D eigenvalue weighted by molar-refractivity contribution is 0.0950. The molecular formula is C20H23N3O3S3. The fraction of sp³-hybridized carbons (Fsp3) is 0.300. The molecule has 0 aliphatic heterocycles. The van der Waals surface area contributed by atoms with Crippen molar-refractivity contribution in [2.75, 3.05) is 6.54 Å². The van der Waals surface area contributed by atoms with Gasteiger partial charge in [-0.15, -0.1) is 22.7 Å². The smallest absolute Gasteiger partial charge is 0.251 e. The molecule has 6 nitrogen and oxygen atoms in total. The zero-order valence-corrected chi connectivity index (χ0v) is 18.7. The molecule has 1 aromatic carbocycles. The Hall–Kier alpha value is -2.07. The Labute approximate surface area is 179 Å². The molecule has 9 heteroatoms. The highest BCUT2D eigenvalue weighted by Crippen LogP contribution is 2.19. The van der Waals surface area contributed by atoms with Gasteiger partial charge in [-0.3, -0.25) is 4.79 Å². The summed E-state index contributed by atoms with van der Waals surface area (Å²) in [5, 5.41) is 7.76. The predicted molar refractivity (Wildman–Crippen MR) is 117 cm³/mol. The molecule has 0 radical (unpaired) electrons. The van der Waals surface area contributed by atoms with Gasteiger partial charge < -0.3 is 5.32 Å². The van der Waals surface area contributed by atoms with Crippen LogP contribution in [0.15, 0.2) is 52.1 Å². The third-order valence-corrected chi connectivity index (χ3v) is 7.77. The van der Waals surface area contributed by atoms with Crippen molar-refractivity contribution < 1.29 is 13.2 Å². The third kappa shape index (κ3) is 5.96. The minimum Gasteiger partial charge on any atom is -0.346 e. The van der Waals surface area contributed by atoms with E-state index in [1.54, 1.807) is 22.7 Å². The number of aromatic nitrogens is 1. The van der Waals surface area contributed by atoms with E-state index >= 15 is 0 Å². The maximum Gasteiger partial charge on any atom is 0.251 e. The van der Waals surface area contributed by atoms with Crippen molar-refractivity contribution in [3.05, 3.63) is 68.3 Å². The molecule has 0 spiro atoms. The number of nitrogens with zero attached hydrogens (tertiary/aromatic N) is 1. The summed E-state index contributed by atoms with van der Waals surface area (Å²) in [5.74, 6) is 0.0940. The van der Waals surface area contributed by atoms with Crippen molar-refractivity contribution in [2.24, 2.45) is 0 Å². The van der Waals surface area contributed by atoms with Gasteiger partial charge in [0.05, 0.1) is 22.1 Å². The third-order valence-electron chi connectivity index (χ3n) is 4.16. The average Bonchev–Trinajstić information content (AvgIpc) is 3.38. The molecule has 3 aromatic rings. The van der Waals surface area contributed by atoms with Crippen LogP contribution in [0.5, 0.6) is 0 Å². The van der Waals surface area contributed by atoms with Gasteiger partial charge in [0, 0.05) is 28.3 Å². The van der Waals surface area contributed by atoms with E-state index in [0.717, 1.165) is 15.6 Å². The number of amides is 1. The number of thiazole rings is 1. The molecule has 2 aromatic heterocycles. The summed E-state index contributed by atoms with van der Waals surface area (Å²) in [6.45, 7) is 4.82. The lowest BCUT2D eigenvalue weighted by Gasteiger charge is -2.08. The Morgan fingerprint density at radius 1 is 1.14 bits per heavy atom. The van der Waals surface area contributed by atoms with Crippen molar-refractivity contribution in [2.45, 2.75) is 37.6 Å². The number of hydrogen-bond donors (Lipinski definition) is 2. The first kappa shape index (κ1) is 21.6. The van der Waals surface area contributed by atoms with Crippen LogP contribution in [-0.2, 0) is 23.0 Å². The number of hydrogen-bond acceptors (Lipinski definition) is 6. The number of rotatable bonds is 9. The van der Waals surface area contributed by atoms with Gasteiger partial charge in [-0.1, -0.05) is 19.9 Å². The molecule has 1 amide bonds. The molecule has 2 N–H and O–H groups in total. The van der Waals surface area contributed by atoms with Crippen LogP contribution in [0.25, 0.3) is 0 Å². The molecule has 0 fully saturated rings. The first-order valence-corrected chi connectivity index (χ1v) is 12.4. The van der Waals surface area contributed by atoms with Gasteiger partial charge in [-0.25, -0.2) is 18.1 Å². The molecule has 0 aliphatic carbocycles. The van der Waals surface area contributed by atoms with E-state index in [1.807, 2.05) is 22.9 Å². The van der Waals surface area contributed by atoms with Crippen LogP contribution in [0, 0.1) is 0 Å². The van der Waals surface area contributed by atoms with Crippen LogP contribution < -0.4 is 10.0 Å². The van der Waals surface area contributed by atoms with E-state index in [4.69, 9.17) is 0 Å².